The number of carbonyl (C=O) groups excluding carboxylic acids is 2. The van der Waals surface area contributed by atoms with E-state index < -0.39 is 0 Å². The van der Waals surface area contributed by atoms with E-state index in [1.165, 1.54) is 12.8 Å². The fraction of sp³-hybridized carbons (Fsp3) is 0.818. The van der Waals surface area contributed by atoms with Crippen molar-refractivity contribution in [2.75, 3.05) is 32.7 Å². The quantitative estimate of drug-likeness (QED) is 0.697. The second-order valence-electron chi connectivity index (χ2n) is 4.46. The Morgan fingerprint density at radius 1 is 1.56 bits per heavy atom. The molecular formula is C11H19N3O2. The number of nitrogens with zero attached hydrogens (tertiary/aromatic N) is 2. The lowest BCUT2D eigenvalue weighted by Crippen LogP contribution is -2.52. The molecule has 0 unspecified atom stereocenters. The normalized spacial score (nSPS) is 21.1. The molecule has 0 aromatic rings. The second kappa shape index (κ2) is 4.82. The third kappa shape index (κ3) is 2.72. The van der Waals surface area contributed by atoms with Crippen LogP contribution in [0.25, 0.3) is 0 Å². The van der Waals surface area contributed by atoms with E-state index in [0.717, 1.165) is 6.54 Å². The van der Waals surface area contributed by atoms with Crippen molar-refractivity contribution in [2.24, 2.45) is 0 Å². The average Bonchev–Trinajstić information content (AvgIpc) is 3.09. The van der Waals surface area contributed by atoms with Gasteiger partial charge in [0, 0.05) is 19.1 Å². The van der Waals surface area contributed by atoms with Gasteiger partial charge in [-0.2, -0.15) is 0 Å². The number of hydrogen-bond donors (Lipinski definition) is 1. The molecule has 0 bridgehead atoms. The van der Waals surface area contributed by atoms with Crippen LogP contribution in [0, 0.1) is 0 Å². The van der Waals surface area contributed by atoms with Gasteiger partial charge in [-0.1, -0.05) is 6.92 Å². The van der Waals surface area contributed by atoms with E-state index in [0.29, 0.717) is 25.7 Å². The predicted molar refractivity (Wildman–Crippen MR) is 59.9 cm³/mol. The molecule has 0 aromatic heterocycles. The fourth-order valence-electron chi connectivity index (χ4n) is 2.06. The Morgan fingerprint density at radius 3 is 2.88 bits per heavy atom. The van der Waals surface area contributed by atoms with E-state index in [9.17, 15) is 9.59 Å². The minimum atomic E-state index is -0.0472. The summed E-state index contributed by atoms with van der Waals surface area (Å²) in [6.45, 7) is 4.91. The van der Waals surface area contributed by atoms with Crippen molar-refractivity contribution >= 4 is 11.8 Å². The summed E-state index contributed by atoms with van der Waals surface area (Å²) in [5, 5.41) is 2.72. The van der Waals surface area contributed by atoms with Crippen LogP contribution in [0.4, 0.5) is 0 Å². The van der Waals surface area contributed by atoms with Crippen molar-refractivity contribution in [3.63, 3.8) is 0 Å². The topological polar surface area (TPSA) is 52.7 Å². The maximum atomic E-state index is 11.9. The molecule has 5 nitrogen and oxygen atoms in total. The van der Waals surface area contributed by atoms with E-state index >= 15 is 0 Å². The number of carbonyl (C=O) groups is 2. The third-order valence-electron chi connectivity index (χ3n) is 3.20. The summed E-state index contributed by atoms with van der Waals surface area (Å²) in [6.07, 6.45) is 2.42. The molecule has 16 heavy (non-hydrogen) atoms. The summed E-state index contributed by atoms with van der Waals surface area (Å²) in [5.41, 5.74) is 0. The SMILES string of the molecule is CCN(CC(=O)N1CCNC(=O)C1)C1CC1. The van der Waals surface area contributed by atoms with E-state index in [-0.39, 0.29) is 18.4 Å². The van der Waals surface area contributed by atoms with Crippen molar-refractivity contribution in [1.29, 1.82) is 0 Å². The van der Waals surface area contributed by atoms with Crippen LogP contribution in [0.15, 0.2) is 0 Å². The van der Waals surface area contributed by atoms with E-state index in [2.05, 4.69) is 17.1 Å². The highest BCUT2D eigenvalue weighted by Gasteiger charge is 2.31. The molecule has 1 heterocycles. The van der Waals surface area contributed by atoms with Crippen LogP contribution in [0.2, 0.25) is 0 Å². The molecule has 1 N–H and O–H groups in total. The molecule has 5 heteroatoms. The summed E-state index contributed by atoms with van der Waals surface area (Å²) in [4.78, 5) is 27.0. The Morgan fingerprint density at radius 2 is 2.31 bits per heavy atom. The zero-order valence-corrected chi connectivity index (χ0v) is 9.74. The van der Waals surface area contributed by atoms with Crippen LogP contribution in [-0.4, -0.2) is 60.4 Å². The van der Waals surface area contributed by atoms with Crippen LogP contribution in [-0.2, 0) is 9.59 Å². The number of nitrogens with one attached hydrogen (secondary N) is 1. The molecule has 1 saturated carbocycles. The molecule has 1 aliphatic carbocycles. The highest BCUT2D eigenvalue weighted by molar-refractivity contribution is 5.86. The number of piperazine rings is 1. The zero-order chi connectivity index (χ0) is 11.5. The smallest absolute Gasteiger partial charge is 0.239 e. The number of amides is 2. The molecule has 2 amide bonds. The van der Waals surface area contributed by atoms with Crippen molar-refractivity contribution in [1.82, 2.24) is 15.1 Å². The first-order chi connectivity index (χ1) is 7.70. The Kier molecular flexibility index (Phi) is 3.43. The van der Waals surface area contributed by atoms with Crippen LogP contribution >= 0.6 is 0 Å². The molecular weight excluding hydrogens is 206 g/mol. The summed E-state index contributed by atoms with van der Waals surface area (Å²) in [5.74, 6) is 0.0395. The monoisotopic (exact) mass is 225 g/mol. The first kappa shape index (κ1) is 11.4. The lowest BCUT2D eigenvalue weighted by molar-refractivity contribution is -0.139. The maximum absolute atomic E-state index is 11.9. The summed E-state index contributed by atoms with van der Waals surface area (Å²) in [6, 6.07) is 0.604. The molecule has 0 aromatic carbocycles. The van der Waals surface area contributed by atoms with Gasteiger partial charge in [-0.3, -0.25) is 14.5 Å². The highest BCUT2D eigenvalue weighted by Crippen LogP contribution is 2.26. The Labute approximate surface area is 95.8 Å². The molecule has 2 rings (SSSR count). The minimum absolute atomic E-state index is 0.0472. The predicted octanol–water partition coefficient (Wildman–Crippen LogP) is -0.571. The van der Waals surface area contributed by atoms with Crippen molar-refractivity contribution in [3.8, 4) is 0 Å². The molecule has 2 fully saturated rings. The molecule has 0 radical (unpaired) electrons. The van der Waals surface area contributed by atoms with Gasteiger partial charge >= 0.3 is 0 Å². The molecule has 1 aliphatic heterocycles. The van der Waals surface area contributed by atoms with Crippen molar-refractivity contribution < 1.29 is 9.59 Å². The highest BCUT2D eigenvalue weighted by atomic mass is 16.2. The van der Waals surface area contributed by atoms with E-state index in [1.54, 1.807) is 4.90 Å². The number of hydrogen-bond acceptors (Lipinski definition) is 3. The van der Waals surface area contributed by atoms with Crippen molar-refractivity contribution in [2.45, 2.75) is 25.8 Å². The van der Waals surface area contributed by atoms with Crippen LogP contribution in [0.3, 0.4) is 0 Å². The lowest BCUT2D eigenvalue weighted by Gasteiger charge is -2.29. The Hall–Kier alpha value is -1.10. The number of likely N-dealkylation sites (N-methyl/N-ethyl adjacent to an activating group) is 1. The third-order valence-corrected chi connectivity index (χ3v) is 3.20. The number of rotatable bonds is 4. The molecule has 2 aliphatic rings. The van der Waals surface area contributed by atoms with Gasteiger partial charge in [0.15, 0.2) is 0 Å². The van der Waals surface area contributed by atoms with Crippen LogP contribution < -0.4 is 5.32 Å². The van der Waals surface area contributed by atoms with Gasteiger partial charge < -0.3 is 10.2 Å². The minimum Gasteiger partial charge on any atom is -0.353 e. The van der Waals surface area contributed by atoms with Crippen molar-refractivity contribution in [3.05, 3.63) is 0 Å². The lowest BCUT2D eigenvalue weighted by atomic mass is 10.3. The van der Waals surface area contributed by atoms with Crippen LogP contribution in [0.5, 0.6) is 0 Å². The Bertz CT molecular complexity index is 289. The molecule has 0 spiro atoms. The first-order valence-electron chi connectivity index (χ1n) is 5.99. The molecule has 0 atom stereocenters. The second-order valence-corrected chi connectivity index (χ2v) is 4.46. The summed E-state index contributed by atoms with van der Waals surface area (Å²) >= 11 is 0. The summed E-state index contributed by atoms with van der Waals surface area (Å²) < 4.78 is 0. The van der Waals surface area contributed by atoms with Gasteiger partial charge in [0.25, 0.3) is 0 Å². The first-order valence-corrected chi connectivity index (χ1v) is 5.99. The standard InChI is InChI=1S/C11H19N3O2/c1-2-13(9-3-4-9)8-11(16)14-6-5-12-10(15)7-14/h9H,2-8H2,1H3,(H,12,15). The van der Waals surface area contributed by atoms with Crippen LogP contribution in [0.1, 0.15) is 19.8 Å². The van der Waals surface area contributed by atoms with Gasteiger partial charge in [0.2, 0.25) is 11.8 Å². The van der Waals surface area contributed by atoms with Gasteiger partial charge in [0.05, 0.1) is 13.1 Å². The zero-order valence-electron chi connectivity index (χ0n) is 9.74. The van der Waals surface area contributed by atoms with Gasteiger partial charge in [-0.05, 0) is 19.4 Å². The molecule has 90 valence electrons. The van der Waals surface area contributed by atoms with E-state index in [4.69, 9.17) is 0 Å². The van der Waals surface area contributed by atoms with E-state index in [1.807, 2.05) is 0 Å². The average molecular weight is 225 g/mol. The largest absolute Gasteiger partial charge is 0.353 e. The fourth-order valence-corrected chi connectivity index (χ4v) is 2.06. The molecule has 1 saturated heterocycles. The van der Waals surface area contributed by atoms with Gasteiger partial charge in [0.1, 0.15) is 0 Å². The Balaban J connectivity index is 1.83. The maximum Gasteiger partial charge on any atom is 0.239 e. The van der Waals surface area contributed by atoms with Gasteiger partial charge in [-0.25, -0.2) is 0 Å². The summed E-state index contributed by atoms with van der Waals surface area (Å²) in [7, 11) is 0. The van der Waals surface area contributed by atoms with Gasteiger partial charge in [-0.15, -0.1) is 0 Å².